The average Bonchev–Trinajstić information content (AvgIpc) is 2.34. The number of methoxy groups -OCH3 is 1. The van der Waals surface area contributed by atoms with E-state index in [9.17, 15) is 9.90 Å². The van der Waals surface area contributed by atoms with Crippen LogP contribution in [0.3, 0.4) is 0 Å². The minimum absolute atomic E-state index is 0.105. The smallest absolute Gasteiger partial charge is 0.317 e. The predicted molar refractivity (Wildman–Crippen MR) is 70.2 cm³/mol. The Kier molecular flexibility index (Phi) is 4.87. The minimum atomic E-state index is -0.977. The van der Waals surface area contributed by atoms with Crippen LogP contribution in [0.15, 0.2) is 24.3 Å². The number of benzene rings is 1. The van der Waals surface area contributed by atoms with Crippen molar-refractivity contribution < 1.29 is 14.6 Å². The third kappa shape index (κ3) is 2.89. The predicted octanol–water partition coefficient (Wildman–Crippen LogP) is 1.14. The molecule has 0 aromatic heterocycles. The van der Waals surface area contributed by atoms with Gasteiger partial charge in [0.2, 0.25) is 0 Å². The van der Waals surface area contributed by atoms with E-state index in [0.717, 1.165) is 11.1 Å². The molecule has 1 aromatic carbocycles. The molecule has 0 bridgehead atoms. The number of aryl methyl sites for hydroxylation is 1. The molecular formula is C14H21NO3. The Morgan fingerprint density at radius 1 is 1.56 bits per heavy atom. The Balaban J connectivity index is 3.29. The number of hydrogen-bond acceptors (Lipinski definition) is 4. The Morgan fingerprint density at radius 2 is 2.22 bits per heavy atom. The van der Waals surface area contributed by atoms with Crippen molar-refractivity contribution in [2.45, 2.75) is 31.8 Å². The molecule has 0 radical (unpaired) electrons. The van der Waals surface area contributed by atoms with Gasteiger partial charge in [0, 0.05) is 6.54 Å². The van der Waals surface area contributed by atoms with Gasteiger partial charge in [-0.05, 0) is 25.8 Å². The van der Waals surface area contributed by atoms with Crippen molar-refractivity contribution in [2.24, 2.45) is 5.73 Å². The SMILES string of the molecule is COC(=O)C(CN)(CC(C)O)c1cccc(C)c1. The summed E-state index contributed by atoms with van der Waals surface area (Å²) < 4.78 is 4.87. The average molecular weight is 251 g/mol. The van der Waals surface area contributed by atoms with E-state index < -0.39 is 17.5 Å². The van der Waals surface area contributed by atoms with Crippen LogP contribution < -0.4 is 5.73 Å². The lowest BCUT2D eigenvalue weighted by Gasteiger charge is -2.31. The van der Waals surface area contributed by atoms with Crippen molar-refractivity contribution in [3.8, 4) is 0 Å². The first-order chi connectivity index (χ1) is 8.46. The van der Waals surface area contributed by atoms with Crippen LogP contribution in [-0.2, 0) is 14.9 Å². The number of aliphatic hydroxyl groups is 1. The molecule has 0 saturated heterocycles. The van der Waals surface area contributed by atoms with Crippen LogP contribution in [0.2, 0.25) is 0 Å². The summed E-state index contributed by atoms with van der Waals surface area (Å²) in [6.45, 7) is 3.70. The summed E-state index contributed by atoms with van der Waals surface area (Å²) in [5.74, 6) is -0.406. The standard InChI is InChI=1S/C14H21NO3/c1-10-5-4-6-12(7-10)14(9-15,8-11(2)16)13(17)18-3/h4-7,11,16H,8-9,15H2,1-3H3. The molecule has 0 aliphatic rings. The van der Waals surface area contributed by atoms with Crippen LogP contribution in [0.1, 0.15) is 24.5 Å². The van der Waals surface area contributed by atoms with Crippen molar-refractivity contribution >= 4 is 5.97 Å². The Bertz CT molecular complexity index is 417. The number of hydrogen-bond donors (Lipinski definition) is 2. The molecule has 0 saturated carbocycles. The van der Waals surface area contributed by atoms with E-state index in [0.29, 0.717) is 0 Å². The second-order valence-electron chi connectivity index (χ2n) is 4.70. The fraction of sp³-hybridized carbons (Fsp3) is 0.500. The van der Waals surface area contributed by atoms with Crippen LogP contribution in [0.4, 0.5) is 0 Å². The Morgan fingerprint density at radius 3 is 2.67 bits per heavy atom. The summed E-state index contributed by atoms with van der Waals surface area (Å²) in [7, 11) is 1.34. The normalized spacial score (nSPS) is 15.8. The van der Waals surface area contributed by atoms with E-state index >= 15 is 0 Å². The van der Waals surface area contributed by atoms with Gasteiger partial charge in [0.05, 0.1) is 13.2 Å². The molecule has 1 aromatic rings. The van der Waals surface area contributed by atoms with Gasteiger partial charge in [0.1, 0.15) is 5.41 Å². The second kappa shape index (κ2) is 5.98. The monoisotopic (exact) mass is 251 g/mol. The highest BCUT2D eigenvalue weighted by molar-refractivity contribution is 5.83. The molecule has 0 aliphatic heterocycles. The van der Waals surface area contributed by atoms with E-state index in [2.05, 4.69) is 0 Å². The van der Waals surface area contributed by atoms with Gasteiger partial charge in [-0.2, -0.15) is 0 Å². The van der Waals surface area contributed by atoms with Gasteiger partial charge in [-0.15, -0.1) is 0 Å². The largest absolute Gasteiger partial charge is 0.468 e. The van der Waals surface area contributed by atoms with E-state index in [1.165, 1.54) is 7.11 Å². The third-order valence-corrected chi connectivity index (χ3v) is 3.14. The molecule has 4 nitrogen and oxygen atoms in total. The van der Waals surface area contributed by atoms with Gasteiger partial charge in [-0.1, -0.05) is 29.8 Å². The van der Waals surface area contributed by atoms with E-state index in [4.69, 9.17) is 10.5 Å². The van der Waals surface area contributed by atoms with Crippen LogP contribution in [0.5, 0.6) is 0 Å². The maximum atomic E-state index is 12.1. The molecule has 2 unspecified atom stereocenters. The second-order valence-corrected chi connectivity index (χ2v) is 4.70. The van der Waals surface area contributed by atoms with Gasteiger partial charge < -0.3 is 15.6 Å². The lowest BCUT2D eigenvalue weighted by atomic mass is 9.75. The summed E-state index contributed by atoms with van der Waals surface area (Å²) in [4.78, 5) is 12.1. The highest BCUT2D eigenvalue weighted by atomic mass is 16.5. The van der Waals surface area contributed by atoms with Crippen molar-refractivity contribution in [3.05, 3.63) is 35.4 Å². The number of nitrogens with two attached hydrogens (primary N) is 1. The number of rotatable bonds is 5. The number of ether oxygens (including phenoxy) is 1. The molecule has 4 heteroatoms. The molecule has 2 atom stereocenters. The zero-order chi connectivity index (χ0) is 13.8. The quantitative estimate of drug-likeness (QED) is 0.770. The lowest BCUT2D eigenvalue weighted by molar-refractivity contribution is -0.148. The highest BCUT2D eigenvalue weighted by Crippen LogP contribution is 2.30. The number of carbonyl (C=O) groups excluding carboxylic acids is 1. The van der Waals surface area contributed by atoms with Crippen molar-refractivity contribution in [1.82, 2.24) is 0 Å². The Labute approximate surface area is 108 Å². The zero-order valence-electron chi connectivity index (χ0n) is 11.1. The van der Waals surface area contributed by atoms with Crippen molar-refractivity contribution in [2.75, 3.05) is 13.7 Å². The van der Waals surface area contributed by atoms with E-state index in [1.807, 2.05) is 31.2 Å². The van der Waals surface area contributed by atoms with E-state index in [1.54, 1.807) is 6.92 Å². The summed E-state index contributed by atoms with van der Waals surface area (Å²) in [5.41, 5.74) is 6.66. The van der Waals surface area contributed by atoms with Crippen molar-refractivity contribution in [1.29, 1.82) is 0 Å². The molecular weight excluding hydrogens is 230 g/mol. The molecule has 0 aliphatic carbocycles. The molecule has 0 fully saturated rings. The molecule has 0 spiro atoms. The molecule has 0 heterocycles. The molecule has 18 heavy (non-hydrogen) atoms. The molecule has 1 rings (SSSR count). The first kappa shape index (κ1) is 14.7. The summed E-state index contributed by atoms with van der Waals surface area (Å²) in [5, 5.41) is 9.63. The third-order valence-electron chi connectivity index (χ3n) is 3.14. The summed E-state index contributed by atoms with van der Waals surface area (Å²) in [6, 6.07) is 7.58. The zero-order valence-corrected chi connectivity index (χ0v) is 11.1. The van der Waals surface area contributed by atoms with Gasteiger partial charge in [0.15, 0.2) is 0 Å². The molecule has 100 valence electrons. The van der Waals surface area contributed by atoms with Gasteiger partial charge in [-0.3, -0.25) is 4.79 Å². The maximum absolute atomic E-state index is 12.1. The van der Waals surface area contributed by atoms with Gasteiger partial charge in [-0.25, -0.2) is 0 Å². The fourth-order valence-corrected chi connectivity index (χ4v) is 2.25. The first-order valence-corrected chi connectivity index (χ1v) is 6.00. The molecule has 3 N–H and O–H groups in total. The van der Waals surface area contributed by atoms with Crippen LogP contribution in [-0.4, -0.2) is 30.8 Å². The Hall–Kier alpha value is -1.39. The summed E-state index contributed by atoms with van der Waals surface area (Å²) in [6.07, 6.45) is -0.382. The maximum Gasteiger partial charge on any atom is 0.317 e. The number of aliphatic hydroxyl groups excluding tert-OH is 1. The fourth-order valence-electron chi connectivity index (χ4n) is 2.25. The highest BCUT2D eigenvalue weighted by Gasteiger charge is 2.41. The van der Waals surface area contributed by atoms with Gasteiger partial charge in [0.25, 0.3) is 0 Å². The topological polar surface area (TPSA) is 72.5 Å². The van der Waals surface area contributed by atoms with Crippen LogP contribution >= 0.6 is 0 Å². The van der Waals surface area contributed by atoms with E-state index in [-0.39, 0.29) is 13.0 Å². The van der Waals surface area contributed by atoms with Crippen molar-refractivity contribution in [3.63, 3.8) is 0 Å². The minimum Gasteiger partial charge on any atom is -0.468 e. The van der Waals surface area contributed by atoms with Gasteiger partial charge >= 0.3 is 5.97 Å². The molecule has 0 amide bonds. The number of carbonyl (C=O) groups is 1. The lowest BCUT2D eigenvalue weighted by Crippen LogP contribution is -2.46. The first-order valence-electron chi connectivity index (χ1n) is 6.00. The summed E-state index contributed by atoms with van der Waals surface area (Å²) >= 11 is 0. The van der Waals surface area contributed by atoms with Crippen LogP contribution in [0, 0.1) is 6.92 Å². The van der Waals surface area contributed by atoms with Crippen LogP contribution in [0.25, 0.3) is 0 Å². The number of esters is 1.